The molecule has 0 radical (unpaired) electrons. The summed E-state index contributed by atoms with van der Waals surface area (Å²) in [7, 11) is 0. The van der Waals surface area contributed by atoms with E-state index in [4.69, 9.17) is 9.47 Å². The molecule has 1 fully saturated rings. The molecule has 1 saturated heterocycles. The van der Waals surface area contributed by atoms with Crippen molar-refractivity contribution in [2.24, 2.45) is 0 Å². The monoisotopic (exact) mass is 396 g/mol. The topological polar surface area (TPSA) is 67.9 Å². The van der Waals surface area contributed by atoms with Gasteiger partial charge in [-0.15, -0.1) is 0 Å². The summed E-state index contributed by atoms with van der Waals surface area (Å²) in [4.78, 5) is 26.1. The number of hydrogen-bond donors (Lipinski definition) is 1. The molecule has 1 aliphatic heterocycles. The molecule has 154 valence electrons. The summed E-state index contributed by atoms with van der Waals surface area (Å²) in [5.41, 5.74) is 3.21. The Morgan fingerprint density at radius 2 is 1.86 bits per heavy atom. The summed E-state index contributed by atoms with van der Waals surface area (Å²) >= 11 is 0. The van der Waals surface area contributed by atoms with Gasteiger partial charge >= 0.3 is 0 Å². The van der Waals surface area contributed by atoms with E-state index in [-0.39, 0.29) is 31.1 Å². The summed E-state index contributed by atoms with van der Waals surface area (Å²) in [6.45, 7) is 6.93. The van der Waals surface area contributed by atoms with Gasteiger partial charge in [0.2, 0.25) is 0 Å². The van der Waals surface area contributed by atoms with Gasteiger partial charge in [-0.05, 0) is 42.7 Å². The molecular formula is C23H28N2O4. The van der Waals surface area contributed by atoms with Crippen LogP contribution in [-0.2, 0) is 14.3 Å². The van der Waals surface area contributed by atoms with E-state index in [1.165, 1.54) is 5.56 Å². The number of nitrogens with zero attached hydrogens (tertiary/aromatic N) is 1. The molecule has 3 rings (SSSR count). The summed E-state index contributed by atoms with van der Waals surface area (Å²) in [6, 6.07) is 15.5. The first kappa shape index (κ1) is 20.9. The highest BCUT2D eigenvalue weighted by Gasteiger charge is 2.27. The van der Waals surface area contributed by atoms with Gasteiger partial charge in [0, 0.05) is 12.2 Å². The van der Waals surface area contributed by atoms with Crippen LogP contribution in [0.25, 0.3) is 0 Å². The molecule has 6 nitrogen and oxygen atoms in total. The van der Waals surface area contributed by atoms with Crippen molar-refractivity contribution in [2.45, 2.75) is 32.8 Å². The Morgan fingerprint density at radius 3 is 2.52 bits per heavy atom. The van der Waals surface area contributed by atoms with Gasteiger partial charge in [-0.25, -0.2) is 0 Å². The van der Waals surface area contributed by atoms with Crippen molar-refractivity contribution in [1.29, 1.82) is 0 Å². The molecule has 2 aromatic carbocycles. The van der Waals surface area contributed by atoms with Crippen molar-refractivity contribution in [3.05, 3.63) is 59.7 Å². The van der Waals surface area contributed by atoms with E-state index in [2.05, 4.69) is 19.2 Å². The number of morpholine rings is 1. The minimum atomic E-state index is -0.263. The zero-order chi connectivity index (χ0) is 20.8. The molecule has 0 aromatic heterocycles. The van der Waals surface area contributed by atoms with Crippen molar-refractivity contribution < 1.29 is 19.1 Å². The Morgan fingerprint density at radius 1 is 1.17 bits per heavy atom. The highest BCUT2D eigenvalue weighted by molar-refractivity contribution is 5.95. The molecule has 1 atom stereocenters. The zero-order valence-corrected chi connectivity index (χ0v) is 17.2. The molecule has 0 aliphatic carbocycles. The van der Waals surface area contributed by atoms with E-state index in [0.29, 0.717) is 24.8 Å². The first-order valence-corrected chi connectivity index (χ1v) is 9.90. The smallest absolute Gasteiger partial charge is 0.258 e. The molecule has 1 N–H and O–H groups in total. The fourth-order valence-corrected chi connectivity index (χ4v) is 3.10. The van der Waals surface area contributed by atoms with Crippen LogP contribution in [-0.4, -0.2) is 44.2 Å². The maximum atomic E-state index is 12.3. The summed E-state index contributed by atoms with van der Waals surface area (Å²) in [6.07, 6.45) is -0.263. The van der Waals surface area contributed by atoms with Crippen LogP contribution in [0, 0.1) is 6.92 Å². The second-order valence-corrected chi connectivity index (χ2v) is 7.59. The van der Waals surface area contributed by atoms with E-state index in [1.807, 2.05) is 55.5 Å². The van der Waals surface area contributed by atoms with Crippen LogP contribution >= 0.6 is 0 Å². The van der Waals surface area contributed by atoms with E-state index < -0.39 is 0 Å². The van der Waals surface area contributed by atoms with Gasteiger partial charge in [-0.1, -0.05) is 43.7 Å². The molecule has 1 unspecified atom stereocenters. The van der Waals surface area contributed by atoms with E-state index in [1.54, 1.807) is 4.90 Å². The second-order valence-electron chi connectivity index (χ2n) is 7.59. The minimum absolute atomic E-state index is 0.00629. The molecule has 0 spiro atoms. The highest BCUT2D eigenvalue weighted by atomic mass is 16.5. The molecule has 2 amide bonds. The van der Waals surface area contributed by atoms with Crippen LogP contribution in [0.1, 0.15) is 30.9 Å². The molecule has 2 aromatic rings. The number of aryl methyl sites for hydroxylation is 1. The standard InChI is InChI=1S/C23H28N2O4/c1-16(2)18-6-8-19(9-7-18)25-13-21(29-15-23(25)27)12-24-22(26)14-28-20-10-4-17(3)5-11-20/h4-11,16,21H,12-15H2,1-3H3,(H,24,26). The number of hydrogen-bond acceptors (Lipinski definition) is 4. The Hall–Kier alpha value is -2.86. The van der Waals surface area contributed by atoms with Gasteiger partial charge in [0.05, 0.1) is 12.6 Å². The quantitative estimate of drug-likeness (QED) is 0.781. The largest absolute Gasteiger partial charge is 0.484 e. The van der Waals surface area contributed by atoms with Crippen molar-refractivity contribution in [3.63, 3.8) is 0 Å². The van der Waals surface area contributed by atoms with Crippen molar-refractivity contribution >= 4 is 17.5 Å². The number of rotatable bonds is 7. The first-order valence-electron chi connectivity index (χ1n) is 9.90. The van der Waals surface area contributed by atoms with Gasteiger partial charge in [-0.2, -0.15) is 0 Å². The molecular weight excluding hydrogens is 368 g/mol. The van der Waals surface area contributed by atoms with Crippen LogP contribution in [0.4, 0.5) is 5.69 Å². The third kappa shape index (κ3) is 5.81. The molecule has 1 heterocycles. The fourth-order valence-electron chi connectivity index (χ4n) is 3.10. The highest BCUT2D eigenvalue weighted by Crippen LogP contribution is 2.22. The Bertz CT molecular complexity index is 831. The van der Waals surface area contributed by atoms with Crippen LogP contribution in [0.5, 0.6) is 5.75 Å². The third-order valence-corrected chi connectivity index (χ3v) is 4.92. The lowest BCUT2D eigenvalue weighted by Gasteiger charge is -2.33. The lowest BCUT2D eigenvalue weighted by atomic mass is 10.0. The van der Waals surface area contributed by atoms with Crippen molar-refractivity contribution in [1.82, 2.24) is 5.32 Å². The second kappa shape index (κ2) is 9.56. The normalized spacial score (nSPS) is 16.8. The Kier molecular flexibility index (Phi) is 6.88. The van der Waals surface area contributed by atoms with E-state index >= 15 is 0 Å². The molecule has 1 aliphatic rings. The van der Waals surface area contributed by atoms with Gasteiger partial charge in [-0.3, -0.25) is 9.59 Å². The zero-order valence-electron chi connectivity index (χ0n) is 17.2. The lowest BCUT2D eigenvalue weighted by Crippen LogP contribution is -2.51. The van der Waals surface area contributed by atoms with Crippen LogP contribution in [0.15, 0.2) is 48.5 Å². The van der Waals surface area contributed by atoms with Crippen molar-refractivity contribution in [3.8, 4) is 5.75 Å². The molecule has 6 heteroatoms. The number of ether oxygens (including phenoxy) is 2. The van der Waals surface area contributed by atoms with Gasteiger partial charge in [0.25, 0.3) is 11.8 Å². The molecule has 0 bridgehead atoms. The summed E-state index contributed by atoms with van der Waals surface area (Å²) in [5.74, 6) is 0.794. The number of amides is 2. The average molecular weight is 396 g/mol. The average Bonchev–Trinajstić information content (AvgIpc) is 2.73. The van der Waals surface area contributed by atoms with E-state index in [0.717, 1.165) is 11.3 Å². The number of nitrogens with one attached hydrogen (secondary N) is 1. The van der Waals surface area contributed by atoms with Crippen LogP contribution in [0.3, 0.4) is 0 Å². The van der Waals surface area contributed by atoms with E-state index in [9.17, 15) is 9.59 Å². The number of benzene rings is 2. The number of carbonyl (C=O) groups excluding carboxylic acids is 2. The van der Waals surface area contributed by atoms with Crippen LogP contribution < -0.4 is 15.0 Å². The predicted octanol–water partition coefficient (Wildman–Crippen LogP) is 3.05. The maximum Gasteiger partial charge on any atom is 0.258 e. The Balaban J connectivity index is 1.49. The summed E-state index contributed by atoms with van der Waals surface area (Å²) in [5, 5.41) is 2.82. The van der Waals surface area contributed by atoms with Gasteiger partial charge in [0.1, 0.15) is 12.4 Å². The first-order chi connectivity index (χ1) is 13.9. The SMILES string of the molecule is Cc1ccc(OCC(=O)NCC2CN(c3ccc(C(C)C)cc3)C(=O)CO2)cc1. The number of anilines is 1. The minimum Gasteiger partial charge on any atom is -0.484 e. The predicted molar refractivity (Wildman–Crippen MR) is 112 cm³/mol. The van der Waals surface area contributed by atoms with Crippen molar-refractivity contribution in [2.75, 3.05) is 31.2 Å². The molecule has 0 saturated carbocycles. The maximum absolute atomic E-state index is 12.3. The fraction of sp³-hybridized carbons (Fsp3) is 0.391. The lowest BCUT2D eigenvalue weighted by molar-refractivity contribution is -0.130. The number of carbonyl (C=O) groups is 2. The van der Waals surface area contributed by atoms with Gasteiger partial charge in [0.15, 0.2) is 6.61 Å². The van der Waals surface area contributed by atoms with Gasteiger partial charge < -0.3 is 19.7 Å². The third-order valence-electron chi connectivity index (χ3n) is 4.92. The summed E-state index contributed by atoms with van der Waals surface area (Å²) < 4.78 is 11.1. The molecule has 29 heavy (non-hydrogen) atoms. The van der Waals surface area contributed by atoms with Crippen LogP contribution in [0.2, 0.25) is 0 Å². The Labute approximate surface area is 171 Å².